The smallest absolute Gasteiger partial charge is 0.251 e. The highest BCUT2D eigenvalue weighted by molar-refractivity contribution is 7.89. The molecular weight excluding hydrogens is 376 g/mol. The van der Waals surface area contributed by atoms with Gasteiger partial charge in [0.25, 0.3) is 5.91 Å². The molecule has 1 aromatic carbocycles. The highest BCUT2D eigenvalue weighted by Gasteiger charge is 2.32. The Balaban J connectivity index is 1.97. The average molecular weight is 411 g/mol. The Labute approximate surface area is 169 Å². The van der Waals surface area contributed by atoms with Crippen molar-refractivity contribution in [3.8, 4) is 0 Å². The average Bonchev–Trinajstić information content (AvgIpc) is 2.64. The Bertz CT molecular complexity index is 723. The first kappa shape index (κ1) is 22.8. The first-order valence-corrected chi connectivity index (χ1v) is 11.7. The fourth-order valence-corrected chi connectivity index (χ4v) is 5.10. The first-order chi connectivity index (χ1) is 13.2. The van der Waals surface area contributed by atoms with Gasteiger partial charge in [0.05, 0.1) is 17.1 Å². The van der Waals surface area contributed by atoms with E-state index in [1.807, 2.05) is 20.8 Å². The van der Waals surface area contributed by atoms with Crippen molar-refractivity contribution < 1.29 is 17.9 Å². The summed E-state index contributed by atoms with van der Waals surface area (Å²) in [7, 11) is -3.59. The van der Waals surface area contributed by atoms with Crippen LogP contribution in [-0.4, -0.2) is 50.0 Å². The molecule has 1 aromatic rings. The van der Waals surface area contributed by atoms with Crippen LogP contribution in [-0.2, 0) is 14.8 Å². The van der Waals surface area contributed by atoms with Crippen LogP contribution in [0.15, 0.2) is 29.2 Å². The summed E-state index contributed by atoms with van der Waals surface area (Å²) >= 11 is 0. The fourth-order valence-electron chi connectivity index (χ4n) is 3.51. The maximum Gasteiger partial charge on any atom is 0.251 e. The second-order valence-electron chi connectivity index (χ2n) is 7.83. The lowest BCUT2D eigenvalue weighted by Crippen LogP contribution is -2.48. The predicted octanol–water partition coefficient (Wildman–Crippen LogP) is 3.57. The van der Waals surface area contributed by atoms with Crippen LogP contribution in [0, 0.1) is 0 Å². The third kappa shape index (κ3) is 6.29. The van der Waals surface area contributed by atoms with E-state index in [1.54, 1.807) is 12.1 Å². The number of morpholine rings is 1. The summed E-state index contributed by atoms with van der Waals surface area (Å²) in [6, 6.07) is 6.30. The monoisotopic (exact) mass is 410 g/mol. The van der Waals surface area contributed by atoms with Gasteiger partial charge in [-0.1, -0.05) is 32.6 Å². The van der Waals surface area contributed by atoms with E-state index >= 15 is 0 Å². The summed E-state index contributed by atoms with van der Waals surface area (Å²) in [5, 5.41) is 2.99. The SMILES string of the molecule is CCCCCCC(C)NC(=O)c1ccc(S(=O)(=O)N2CC(C)OC(C)C2)cc1. The third-order valence-electron chi connectivity index (χ3n) is 5.01. The van der Waals surface area contributed by atoms with Crippen LogP contribution in [0.3, 0.4) is 0 Å². The summed E-state index contributed by atoms with van der Waals surface area (Å²) in [6.07, 6.45) is 5.37. The normalized spacial score (nSPS) is 22.0. The highest BCUT2D eigenvalue weighted by Crippen LogP contribution is 2.21. The molecule has 2 rings (SSSR count). The maximum absolute atomic E-state index is 12.9. The summed E-state index contributed by atoms with van der Waals surface area (Å²) in [4.78, 5) is 12.6. The Morgan fingerprint density at radius 2 is 1.75 bits per heavy atom. The predicted molar refractivity (Wildman–Crippen MR) is 111 cm³/mol. The van der Waals surface area contributed by atoms with E-state index in [0.717, 1.165) is 12.8 Å². The quantitative estimate of drug-likeness (QED) is 0.632. The number of ether oxygens (including phenoxy) is 1. The molecular formula is C21H34N2O4S. The molecule has 158 valence electrons. The second-order valence-corrected chi connectivity index (χ2v) is 9.77. The number of carbonyl (C=O) groups excluding carboxylic acids is 1. The topological polar surface area (TPSA) is 75.7 Å². The second kappa shape index (κ2) is 10.4. The number of benzene rings is 1. The van der Waals surface area contributed by atoms with Gasteiger partial charge in [-0.3, -0.25) is 4.79 Å². The van der Waals surface area contributed by atoms with E-state index in [-0.39, 0.29) is 29.1 Å². The summed E-state index contributed by atoms with van der Waals surface area (Å²) in [5.41, 5.74) is 0.475. The molecule has 1 aliphatic rings. The molecule has 0 bridgehead atoms. The van der Waals surface area contributed by atoms with Crippen molar-refractivity contribution in [3.63, 3.8) is 0 Å². The molecule has 1 saturated heterocycles. The minimum atomic E-state index is -3.59. The Morgan fingerprint density at radius 1 is 1.14 bits per heavy atom. The van der Waals surface area contributed by atoms with Crippen molar-refractivity contribution in [1.29, 1.82) is 0 Å². The molecule has 1 aliphatic heterocycles. The van der Waals surface area contributed by atoms with E-state index in [1.165, 1.54) is 35.7 Å². The largest absolute Gasteiger partial charge is 0.373 e. The van der Waals surface area contributed by atoms with E-state index in [9.17, 15) is 13.2 Å². The molecule has 1 heterocycles. The molecule has 0 aromatic heterocycles. The van der Waals surface area contributed by atoms with Crippen LogP contribution < -0.4 is 5.32 Å². The Hall–Kier alpha value is -1.44. The van der Waals surface area contributed by atoms with Crippen molar-refractivity contribution in [2.75, 3.05) is 13.1 Å². The molecule has 0 aliphatic carbocycles. The van der Waals surface area contributed by atoms with Crippen LogP contribution in [0.1, 0.15) is 70.2 Å². The number of nitrogens with one attached hydrogen (secondary N) is 1. The van der Waals surface area contributed by atoms with Crippen molar-refractivity contribution in [2.24, 2.45) is 0 Å². The lowest BCUT2D eigenvalue weighted by Gasteiger charge is -2.34. The molecule has 1 fully saturated rings. The maximum atomic E-state index is 12.9. The lowest BCUT2D eigenvalue weighted by atomic mass is 10.1. The number of hydrogen-bond acceptors (Lipinski definition) is 4. The minimum absolute atomic E-state index is 0.101. The van der Waals surface area contributed by atoms with Crippen LogP contribution in [0.4, 0.5) is 0 Å². The molecule has 0 saturated carbocycles. The van der Waals surface area contributed by atoms with Crippen molar-refractivity contribution in [2.45, 2.75) is 82.9 Å². The van der Waals surface area contributed by atoms with Gasteiger partial charge in [-0.2, -0.15) is 4.31 Å². The number of amides is 1. The Morgan fingerprint density at radius 3 is 2.32 bits per heavy atom. The molecule has 0 radical (unpaired) electrons. The van der Waals surface area contributed by atoms with E-state index in [0.29, 0.717) is 18.7 Å². The molecule has 7 heteroatoms. The first-order valence-electron chi connectivity index (χ1n) is 10.3. The van der Waals surface area contributed by atoms with Crippen LogP contribution in [0.2, 0.25) is 0 Å². The van der Waals surface area contributed by atoms with Gasteiger partial charge in [0, 0.05) is 24.7 Å². The number of nitrogens with zero attached hydrogens (tertiary/aromatic N) is 1. The standard InChI is InChI=1S/C21H34N2O4S/c1-5-6-7-8-9-16(2)22-21(24)19-10-12-20(13-11-19)28(25,26)23-14-17(3)27-18(4)15-23/h10-13,16-18H,5-9,14-15H2,1-4H3,(H,22,24). The van der Waals surface area contributed by atoms with Gasteiger partial charge < -0.3 is 10.1 Å². The molecule has 6 nitrogen and oxygen atoms in total. The molecule has 1 N–H and O–H groups in total. The molecule has 3 unspecified atom stereocenters. The molecule has 3 atom stereocenters. The van der Waals surface area contributed by atoms with Crippen LogP contribution >= 0.6 is 0 Å². The summed E-state index contributed by atoms with van der Waals surface area (Å²) in [6.45, 7) is 8.59. The number of unbranched alkanes of at least 4 members (excludes halogenated alkanes) is 3. The van der Waals surface area contributed by atoms with E-state index in [4.69, 9.17) is 4.74 Å². The van der Waals surface area contributed by atoms with Gasteiger partial charge in [-0.05, 0) is 51.5 Å². The van der Waals surface area contributed by atoms with Gasteiger partial charge in [0.15, 0.2) is 0 Å². The number of carbonyl (C=O) groups is 1. The van der Waals surface area contributed by atoms with Gasteiger partial charge in [0.1, 0.15) is 0 Å². The molecule has 0 spiro atoms. The van der Waals surface area contributed by atoms with Crippen LogP contribution in [0.25, 0.3) is 0 Å². The van der Waals surface area contributed by atoms with Gasteiger partial charge in [0.2, 0.25) is 10.0 Å². The van der Waals surface area contributed by atoms with E-state index in [2.05, 4.69) is 12.2 Å². The zero-order chi connectivity index (χ0) is 20.7. The Kier molecular flexibility index (Phi) is 8.46. The summed E-state index contributed by atoms with van der Waals surface area (Å²) < 4.78 is 32.8. The summed E-state index contributed by atoms with van der Waals surface area (Å²) in [5.74, 6) is -0.166. The van der Waals surface area contributed by atoms with Crippen LogP contribution in [0.5, 0.6) is 0 Å². The zero-order valence-electron chi connectivity index (χ0n) is 17.5. The fraction of sp³-hybridized carbons (Fsp3) is 0.667. The molecule has 28 heavy (non-hydrogen) atoms. The van der Waals surface area contributed by atoms with Crippen molar-refractivity contribution in [1.82, 2.24) is 9.62 Å². The van der Waals surface area contributed by atoms with Gasteiger partial charge in [-0.15, -0.1) is 0 Å². The van der Waals surface area contributed by atoms with Gasteiger partial charge >= 0.3 is 0 Å². The highest BCUT2D eigenvalue weighted by atomic mass is 32.2. The number of hydrogen-bond donors (Lipinski definition) is 1. The van der Waals surface area contributed by atoms with Gasteiger partial charge in [-0.25, -0.2) is 8.42 Å². The minimum Gasteiger partial charge on any atom is -0.373 e. The van der Waals surface area contributed by atoms with Crippen molar-refractivity contribution in [3.05, 3.63) is 29.8 Å². The third-order valence-corrected chi connectivity index (χ3v) is 6.85. The zero-order valence-corrected chi connectivity index (χ0v) is 18.3. The van der Waals surface area contributed by atoms with Crippen molar-refractivity contribution >= 4 is 15.9 Å². The number of rotatable bonds is 9. The van der Waals surface area contributed by atoms with E-state index < -0.39 is 10.0 Å². The number of sulfonamides is 1. The lowest BCUT2D eigenvalue weighted by molar-refractivity contribution is -0.0440. The molecule has 1 amide bonds.